The van der Waals surface area contributed by atoms with Gasteiger partial charge in [-0.25, -0.2) is 8.42 Å². The van der Waals surface area contributed by atoms with Crippen molar-refractivity contribution in [3.63, 3.8) is 0 Å². The highest BCUT2D eigenvalue weighted by Crippen LogP contribution is 2.17. The van der Waals surface area contributed by atoms with Crippen LogP contribution in [0.3, 0.4) is 0 Å². The third-order valence-electron chi connectivity index (χ3n) is 2.76. The molecule has 1 heterocycles. The molecule has 1 aromatic carbocycles. The van der Waals surface area contributed by atoms with Crippen molar-refractivity contribution in [2.45, 2.75) is 4.90 Å². The van der Waals surface area contributed by atoms with Gasteiger partial charge in [-0.15, -0.1) is 0 Å². The Balaban J connectivity index is 2.06. The Kier molecular flexibility index (Phi) is 3.94. The topological polar surface area (TPSA) is 65.4 Å². The zero-order valence-electron chi connectivity index (χ0n) is 11.2. The minimum absolute atomic E-state index is 0.128. The molecule has 0 aliphatic heterocycles. The predicted octanol–water partition coefficient (Wildman–Crippen LogP) is 1.69. The Morgan fingerprint density at radius 2 is 2.05 bits per heavy atom. The summed E-state index contributed by atoms with van der Waals surface area (Å²) in [5.74, 6) is 0.201. The van der Waals surface area contributed by atoms with E-state index >= 15 is 0 Å². The third kappa shape index (κ3) is 3.48. The molecule has 0 aliphatic carbocycles. The number of rotatable bonds is 5. The van der Waals surface area contributed by atoms with E-state index in [2.05, 4.69) is 0 Å². The molecule has 1 aromatic heterocycles. The van der Waals surface area contributed by atoms with Crippen LogP contribution in [0, 0.1) is 0 Å². The summed E-state index contributed by atoms with van der Waals surface area (Å²) in [4.78, 5) is 12.0. The fourth-order valence-electron chi connectivity index (χ4n) is 1.70. The van der Waals surface area contributed by atoms with Gasteiger partial charge in [0.15, 0.2) is 16.4 Å². The lowest BCUT2D eigenvalue weighted by Gasteiger charge is -2.06. The van der Waals surface area contributed by atoms with E-state index in [4.69, 9.17) is 4.74 Å². The van der Waals surface area contributed by atoms with Gasteiger partial charge in [0.25, 0.3) is 0 Å². The van der Waals surface area contributed by atoms with E-state index in [0.717, 1.165) is 6.26 Å². The van der Waals surface area contributed by atoms with Gasteiger partial charge in [-0.1, -0.05) is 6.07 Å². The van der Waals surface area contributed by atoms with Crippen LogP contribution in [0.15, 0.2) is 47.6 Å². The van der Waals surface area contributed by atoms with Crippen molar-refractivity contribution < 1.29 is 17.9 Å². The average Bonchev–Trinajstić information content (AvgIpc) is 2.82. The van der Waals surface area contributed by atoms with Crippen molar-refractivity contribution in [2.75, 3.05) is 12.9 Å². The highest BCUT2D eigenvalue weighted by Gasteiger charge is 2.10. The Hall–Kier alpha value is -2.08. The molecular formula is C14H15NO4S. The quantitative estimate of drug-likeness (QED) is 0.787. The van der Waals surface area contributed by atoms with Crippen molar-refractivity contribution in [3.8, 4) is 5.75 Å². The lowest BCUT2D eigenvalue weighted by Crippen LogP contribution is -2.11. The summed E-state index contributed by atoms with van der Waals surface area (Å²) < 4.78 is 30.0. The average molecular weight is 293 g/mol. The molecule has 0 radical (unpaired) electrons. The zero-order valence-corrected chi connectivity index (χ0v) is 12.1. The molecule has 0 fully saturated rings. The molecule has 0 saturated carbocycles. The van der Waals surface area contributed by atoms with Crippen LogP contribution in [0.4, 0.5) is 0 Å². The van der Waals surface area contributed by atoms with Crippen molar-refractivity contribution in [2.24, 2.45) is 7.05 Å². The van der Waals surface area contributed by atoms with Gasteiger partial charge in [-0.2, -0.15) is 0 Å². The summed E-state index contributed by atoms with van der Waals surface area (Å²) >= 11 is 0. The molecule has 20 heavy (non-hydrogen) atoms. The van der Waals surface area contributed by atoms with Gasteiger partial charge < -0.3 is 9.30 Å². The van der Waals surface area contributed by atoms with Crippen molar-refractivity contribution in [3.05, 3.63) is 48.3 Å². The molecule has 0 bridgehead atoms. The highest BCUT2D eigenvalue weighted by atomic mass is 32.2. The van der Waals surface area contributed by atoms with E-state index in [0.29, 0.717) is 11.3 Å². The molecule has 0 amide bonds. The maximum atomic E-state index is 11.9. The van der Waals surface area contributed by atoms with Crippen molar-refractivity contribution in [1.82, 2.24) is 4.57 Å². The number of hydrogen-bond acceptors (Lipinski definition) is 4. The molecule has 0 atom stereocenters. The first-order valence-corrected chi connectivity index (χ1v) is 7.83. The molecule has 2 aromatic rings. The number of carbonyl (C=O) groups excluding carboxylic acids is 1. The Morgan fingerprint density at radius 1 is 1.30 bits per heavy atom. The summed E-state index contributed by atoms with van der Waals surface area (Å²) in [6, 6.07) is 7.80. The van der Waals surface area contributed by atoms with Gasteiger partial charge in [0.2, 0.25) is 5.78 Å². The van der Waals surface area contributed by atoms with Gasteiger partial charge in [0, 0.05) is 31.3 Å². The normalized spacial score (nSPS) is 11.3. The molecule has 5 nitrogen and oxygen atoms in total. The summed E-state index contributed by atoms with van der Waals surface area (Å²) in [6.07, 6.45) is 4.61. The number of hydrogen-bond donors (Lipinski definition) is 0. The number of ketones is 1. The number of sulfone groups is 1. The summed E-state index contributed by atoms with van der Waals surface area (Å²) in [5.41, 5.74) is 0.562. The van der Waals surface area contributed by atoms with Gasteiger partial charge in [-0.05, 0) is 24.3 Å². The fourth-order valence-corrected chi connectivity index (χ4v) is 2.35. The van der Waals surface area contributed by atoms with Gasteiger partial charge in [0.1, 0.15) is 5.75 Å². The van der Waals surface area contributed by atoms with Gasteiger partial charge in [-0.3, -0.25) is 4.79 Å². The number of benzene rings is 1. The van der Waals surface area contributed by atoms with E-state index in [1.54, 1.807) is 35.2 Å². The van der Waals surface area contributed by atoms with Crippen LogP contribution in [-0.4, -0.2) is 31.6 Å². The second-order valence-electron chi connectivity index (χ2n) is 4.52. The van der Waals surface area contributed by atoms with E-state index in [1.165, 1.54) is 12.1 Å². The SMILES string of the molecule is Cn1ccc(C(=O)COc2cccc(S(C)(=O)=O)c2)c1. The van der Waals surface area contributed by atoms with E-state index in [1.807, 2.05) is 7.05 Å². The van der Waals surface area contributed by atoms with Gasteiger partial charge >= 0.3 is 0 Å². The molecular weight excluding hydrogens is 278 g/mol. The number of aromatic nitrogens is 1. The van der Waals surface area contributed by atoms with Crippen LogP contribution in [-0.2, 0) is 16.9 Å². The Bertz CT molecular complexity index is 731. The largest absolute Gasteiger partial charge is 0.485 e. The predicted molar refractivity (Wildman–Crippen MR) is 74.8 cm³/mol. The number of aryl methyl sites for hydroxylation is 1. The standard InChI is InChI=1S/C14H15NO4S/c1-15-7-6-11(9-15)14(16)10-19-12-4-3-5-13(8-12)20(2,17)18/h3-9H,10H2,1-2H3. The molecule has 0 aliphatic rings. The smallest absolute Gasteiger partial charge is 0.201 e. The Morgan fingerprint density at radius 3 is 2.65 bits per heavy atom. The molecule has 6 heteroatoms. The molecule has 2 rings (SSSR count). The van der Waals surface area contributed by atoms with Crippen LogP contribution >= 0.6 is 0 Å². The van der Waals surface area contributed by atoms with Crippen LogP contribution in [0.2, 0.25) is 0 Å². The molecule has 0 unspecified atom stereocenters. The summed E-state index contributed by atoms with van der Waals surface area (Å²) in [6.45, 7) is -0.128. The third-order valence-corrected chi connectivity index (χ3v) is 3.87. The first-order valence-electron chi connectivity index (χ1n) is 5.94. The Labute approximate surface area is 117 Å². The van der Waals surface area contributed by atoms with Crippen LogP contribution in [0.1, 0.15) is 10.4 Å². The van der Waals surface area contributed by atoms with Crippen molar-refractivity contribution >= 4 is 15.6 Å². The van der Waals surface area contributed by atoms with Gasteiger partial charge in [0.05, 0.1) is 4.90 Å². The van der Waals surface area contributed by atoms with E-state index < -0.39 is 9.84 Å². The summed E-state index contributed by atoms with van der Waals surface area (Å²) in [7, 11) is -1.45. The zero-order chi connectivity index (χ0) is 14.8. The number of carbonyl (C=O) groups is 1. The first kappa shape index (κ1) is 14.3. The van der Waals surface area contributed by atoms with Crippen LogP contribution < -0.4 is 4.74 Å². The minimum Gasteiger partial charge on any atom is -0.485 e. The highest BCUT2D eigenvalue weighted by molar-refractivity contribution is 7.90. The molecule has 106 valence electrons. The fraction of sp³-hybridized carbons (Fsp3) is 0.214. The molecule has 0 N–H and O–H groups in total. The summed E-state index contributed by atoms with van der Waals surface area (Å²) in [5, 5.41) is 0. The van der Waals surface area contributed by atoms with Crippen molar-refractivity contribution in [1.29, 1.82) is 0 Å². The number of Topliss-reactive ketones (excluding diaryl/α,β-unsaturated/α-hetero) is 1. The monoisotopic (exact) mass is 293 g/mol. The van der Waals surface area contributed by atoms with E-state index in [-0.39, 0.29) is 17.3 Å². The molecule has 0 saturated heterocycles. The second kappa shape index (κ2) is 5.50. The lowest BCUT2D eigenvalue weighted by molar-refractivity contribution is 0.0921. The maximum absolute atomic E-state index is 11.9. The molecule has 0 spiro atoms. The number of nitrogens with zero attached hydrogens (tertiary/aromatic N) is 1. The number of ether oxygens (including phenoxy) is 1. The van der Waals surface area contributed by atoms with E-state index in [9.17, 15) is 13.2 Å². The van der Waals surface area contributed by atoms with Crippen LogP contribution in [0.25, 0.3) is 0 Å². The van der Waals surface area contributed by atoms with Crippen LogP contribution in [0.5, 0.6) is 5.75 Å². The first-order chi connectivity index (χ1) is 9.36. The minimum atomic E-state index is -3.28. The maximum Gasteiger partial charge on any atom is 0.201 e. The second-order valence-corrected chi connectivity index (χ2v) is 6.54. The lowest BCUT2D eigenvalue weighted by atomic mass is 10.2.